The van der Waals surface area contributed by atoms with E-state index in [9.17, 15) is 8.42 Å². The van der Waals surface area contributed by atoms with Gasteiger partial charge in [0.1, 0.15) is 11.0 Å². The van der Waals surface area contributed by atoms with E-state index in [1.165, 1.54) is 0 Å². The van der Waals surface area contributed by atoms with Crippen LogP contribution in [0.25, 0.3) is 11.0 Å². The summed E-state index contributed by atoms with van der Waals surface area (Å²) in [5, 5.41) is 0. The Morgan fingerprint density at radius 3 is 2.45 bits per heavy atom. The van der Waals surface area contributed by atoms with E-state index in [2.05, 4.69) is 13.5 Å². The second-order valence-electron chi connectivity index (χ2n) is 4.39. The number of benzene rings is 2. The molecule has 0 unspecified atom stereocenters. The number of aryl methyl sites for hydroxylation is 1. The van der Waals surface area contributed by atoms with Gasteiger partial charge in [-0.1, -0.05) is 17.7 Å². The van der Waals surface area contributed by atoms with Crippen LogP contribution in [0.3, 0.4) is 0 Å². The quantitative estimate of drug-likeness (QED) is 0.807. The van der Waals surface area contributed by atoms with Gasteiger partial charge >= 0.3 is 0 Å². The van der Waals surface area contributed by atoms with Crippen LogP contribution in [0, 0.1) is 6.92 Å². The minimum Gasteiger partial charge on any atom is -0.280 e. The molecule has 0 bridgehead atoms. The van der Waals surface area contributed by atoms with Gasteiger partial charge in [0.25, 0.3) is 10.0 Å². The van der Waals surface area contributed by atoms with Crippen LogP contribution in [0.2, 0.25) is 0 Å². The predicted octanol–water partition coefficient (Wildman–Crippen LogP) is 2.80. The fourth-order valence-corrected chi connectivity index (χ4v) is 3.34. The summed E-state index contributed by atoms with van der Waals surface area (Å²) in [6.45, 7) is 1.91. The van der Waals surface area contributed by atoms with Crippen molar-refractivity contribution >= 4 is 38.5 Å². The molecule has 0 radical (unpaired) electrons. The average molecular weight is 305 g/mol. The maximum absolute atomic E-state index is 12.2. The lowest BCUT2D eigenvalue weighted by Crippen LogP contribution is -2.12. The molecule has 20 heavy (non-hydrogen) atoms. The third-order valence-electron chi connectivity index (χ3n) is 2.84. The van der Waals surface area contributed by atoms with Crippen molar-refractivity contribution in [3.05, 3.63) is 48.0 Å². The summed E-state index contributed by atoms with van der Waals surface area (Å²) >= 11 is 1.10. The normalized spacial score (nSPS) is 11.7. The van der Waals surface area contributed by atoms with Crippen molar-refractivity contribution in [1.82, 2.24) is 8.75 Å². The zero-order valence-corrected chi connectivity index (χ0v) is 12.2. The van der Waals surface area contributed by atoms with Crippen LogP contribution < -0.4 is 4.72 Å². The highest BCUT2D eigenvalue weighted by Gasteiger charge is 2.14. The van der Waals surface area contributed by atoms with Crippen LogP contribution in [0.5, 0.6) is 0 Å². The summed E-state index contributed by atoms with van der Waals surface area (Å²) in [5.41, 5.74) is 2.93. The molecule has 0 spiro atoms. The number of rotatable bonds is 3. The first-order valence-electron chi connectivity index (χ1n) is 5.86. The third kappa shape index (κ3) is 2.50. The Bertz CT molecular complexity index is 855. The van der Waals surface area contributed by atoms with Gasteiger partial charge < -0.3 is 0 Å². The lowest BCUT2D eigenvalue weighted by Gasteiger charge is -2.08. The fourth-order valence-electron chi connectivity index (χ4n) is 1.78. The van der Waals surface area contributed by atoms with Gasteiger partial charge in [-0.15, -0.1) is 0 Å². The third-order valence-corrected chi connectivity index (χ3v) is 4.79. The molecule has 3 aromatic rings. The second-order valence-corrected chi connectivity index (χ2v) is 6.60. The summed E-state index contributed by atoms with van der Waals surface area (Å²) in [6.07, 6.45) is 0. The maximum Gasteiger partial charge on any atom is 0.261 e. The maximum atomic E-state index is 12.2. The number of nitrogens with zero attached hydrogens (tertiary/aromatic N) is 2. The molecule has 1 heterocycles. The molecule has 1 aromatic heterocycles. The van der Waals surface area contributed by atoms with E-state index in [4.69, 9.17) is 0 Å². The first-order chi connectivity index (χ1) is 9.54. The predicted molar refractivity (Wildman–Crippen MR) is 79.4 cm³/mol. The molecule has 0 saturated heterocycles. The molecule has 3 rings (SSSR count). The zero-order chi connectivity index (χ0) is 14.2. The molecule has 0 amide bonds. The van der Waals surface area contributed by atoms with Crippen LogP contribution in [-0.4, -0.2) is 17.2 Å². The van der Waals surface area contributed by atoms with Crippen molar-refractivity contribution in [3.63, 3.8) is 0 Å². The summed E-state index contributed by atoms with van der Waals surface area (Å²) in [4.78, 5) is 0.236. The lowest BCUT2D eigenvalue weighted by atomic mass is 10.2. The Hall–Kier alpha value is -1.99. The molecule has 0 aliphatic carbocycles. The zero-order valence-electron chi connectivity index (χ0n) is 10.6. The molecule has 0 saturated carbocycles. The van der Waals surface area contributed by atoms with E-state index in [0.29, 0.717) is 11.2 Å². The highest BCUT2D eigenvalue weighted by Crippen LogP contribution is 2.20. The van der Waals surface area contributed by atoms with E-state index in [1.54, 1.807) is 42.5 Å². The lowest BCUT2D eigenvalue weighted by molar-refractivity contribution is 0.601. The Labute approximate surface area is 120 Å². The minimum atomic E-state index is -3.58. The second kappa shape index (κ2) is 4.84. The Morgan fingerprint density at radius 2 is 1.70 bits per heavy atom. The number of aromatic nitrogens is 2. The van der Waals surface area contributed by atoms with Gasteiger partial charge in [-0.25, -0.2) is 8.42 Å². The first-order valence-corrected chi connectivity index (χ1v) is 8.08. The van der Waals surface area contributed by atoms with Gasteiger partial charge in [0.15, 0.2) is 0 Å². The van der Waals surface area contributed by atoms with Gasteiger partial charge in [0, 0.05) is 0 Å². The van der Waals surface area contributed by atoms with E-state index >= 15 is 0 Å². The van der Waals surface area contributed by atoms with Crippen molar-refractivity contribution in [2.24, 2.45) is 0 Å². The number of hydrogen-bond donors (Lipinski definition) is 1. The van der Waals surface area contributed by atoms with Crippen molar-refractivity contribution in [2.45, 2.75) is 11.8 Å². The molecular weight excluding hydrogens is 294 g/mol. The number of sulfonamides is 1. The fraction of sp³-hybridized carbons (Fsp3) is 0.0769. The summed E-state index contributed by atoms with van der Waals surface area (Å²) < 4.78 is 35.2. The molecule has 1 N–H and O–H groups in total. The first kappa shape index (κ1) is 13.0. The molecular formula is C13H11N3O2S2. The number of nitrogens with one attached hydrogen (secondary N) is 1. The van der Waals surface area contributed by atoms with E-state index in [1.807, 2.05) is 6.92 Å². The van der Waals surface area contributed by atoms with Crippen LogP contribution in [-0.2, 0) is 10.0 Å². The van der Waals surface area contributed by atoms with Crippen molar-refractivity contribution in [3.8, 4) is 0 Å². The van der Waals surface area contributed by atoms with E-state index in [0.717, 1.165) is 22.8 Å². The van der Waals surface area contributed by atoms with Crippen LogP contribution >= 0.6 is 11.7 Å². The topological polar surface area (TPSA) is 72.0 Å². The van der Waals surface area contributed by atoms with Crippen molar-refractivity contribution in [2.75, 3.05) is 4.72 Å². The molecule has 102 valence electrons. The van der Waals surface area contributed by atoms with Crippen LogP contribution in [0.4, 0.5) is 5.69 Å². The van der Waals surface area contributed by atoms with Crippen molar-refractivity contribution in [1.29, 1.82) is 0 Å². The van der Waals surface area contributed by atoms with E-state index < -0.39 is 10.0 Å². The molecule has 0 fully saturated rings. The monoisotopic (exact) mass is 305 g/mol. The average Bonchev–Trinajstić information content (AvgIpc) is 2.86. The van der Waals surface area contributed by atoms with Gasteiger partial charge in [0.2, 0.25) is 0 Å². The Balaban J connectivity index is 1.94. The highest BCUT2D eigenvalue weighted by atomic mass is 32.2. The van der Waals surface area contributed by atoms with Gasteiger partial charge in [-0.3, -0.25) is 4.72 Å². The largest absolute Gasteiger partial charge is 0.280 e. The van der Waals surface area contributed by atoms with Gasteiger partial charge in [0.05, 0.1) is 22.3 Å². The van der Waals surface area contributed by atoms with Crippen LogP contribution in [0.15, 0.2) is 47.4 Å². The number of fused-ring (bicyclic) bond motifs is 1. The van der Waals surface area contributed by atoms with Crippen LogP contribution in [0.1, 0.15) is 5.56 Å². The SMILES string of the molecule is Cc1ccc(S(=O)(=O)Nc2ccc3nsnc3c2)cc1. The van der Waals surface area contributed by atoms with Crippen molar-refractivity contribution < 1.29 is 8.42 Å². The Morgan fingerprint density at radius 1 is 1.00 bits per heavy atom. The number of hydrogen-bond acceptors (Lipinski definition) is 5. The van der Waals surface area contributed by atoms with Gasteiger partial charge in [-0.2, -0.15) is 8.75 Å². The number of anilines is 1. The summed E-state index contributed by atoms with van der Waals surface area (Å²) in [5.74, 6) is 0. The smallest absolute Gasteiger partial charge is 0.261 e. The molecule has 0 atom stereocenters. The Kier molecular flexibility index (Phi) is 3.15. The van der Waals surface area contributed by atoms with E-state index in [-0.39, 0.29) is 4.90 Å². The molecule has 5 nitrogen and oxygen atoms in total. The molecule has 0 aliphatic heterocycles. The molecule has 7 heteroatoms. The summed E-state index contributed by atoms with van der Waals surface area (Å²) in [6, 6.07) is 11.8. The minimum absolute atomic E-state index is 0.236. The highest BCUT2D eigenvalue weighted by molar-refractivity contribution is 7.92. The summed E-state index contributed by atoms with van der Waals surface area (Å²) in [7, 11) is -3.58. The standard InChI is InChI=1S/C13H11N3O2S2/c1-9-2-5-11(6-3-9)20(17,18)16-10-4-7-12-13(8-10)15-19-14-12/h2-8,16H,1H3. The van der Waals surface area contributed by atoms with Gasteiger partial charge in [-0.05, 0) is 37.3 Å². The molecule has 2 aromatic carbocycles. The molecule has 0 aliphatic rings.